The van der Waals surface area contributed by atoms with Crippen molar-refractivity contribution >= 4 is 22.8 Å². The zero-order chi connectivity index (χ0) is 15.2. The summed E-state index contributed by atoms with van der Waals surface area (Å²) >= 11 is 0. The van der Waals surface area contributed by atoms with E-state index in [-0.39, 0.29) is 11.8 Å². The highest BCUT2D eigenvalue weighted by Gasteiger charge is 2.27. The van der Waals surface area contributed by atoms with Crippen molar-refractivity contribution in [3.05, 3.63) is 17.1 Å². The Kier molecular flexibility index (Phi) is 3.41. The van der Waals surface area contributed by atoms with E-state index >= 15 is 0 Å². The fourth-order valence-corrected chi connectivity index (χ4v) is 2.73. The summed E-state index contributed by atoms with van der Waals surface area (Å²) < 4.78 is 1.89. The molecular formula is C14H21N5O. The van der Waals surface area contributed by atoms with E-state index in [9.17, 15) is 4.79 Å². The molecule has 0 radical (unpaired) electrons. The van der Waals surface area contributed by atoms with Crippen LogP contribution in [0, 0.1) is 26.7 Å². The Hall–Kier alpha value is -2.11. The minimum Gasteiger partial charge on any atom is -0.383 e. The van der Waals surface area contributed by atoms with Crippen molar-refractivity contribution in [3.8, 4) is 0 Å². The van der Waals surface area contributed by atoms with E-state index < -0.39 is 6.04 Å². The number of amides is 1. The van der Waals surface area contributed by atoms with E-state index in [4.69, 9.17) is 11.5 Å². The van der Waals surface area contributed by atoms with Crippen LogP contribution in [-0.4, -0.2) is 20.4 Å². The summed E-state index contributed by atoms with van der Waals surface area (Å²) in [4.78, 5) is 20.5. The molecule has 2 aromatic heterocycles. The van der Waals surface area contributed by atoms with Gasteiger partial charge >= 0.3 is 0 Å². The van der Waals surface area contributed by atoms with Crippen molar-refractivity contribution < 1.29 is 4.79 Å². The quantitative estimate of drug-likeness (QED) is 0.888. The molecular weight excluding hydrogens is 254 g/mol. The van der Waals surface area contributed by atoms with Gasteiger partial charge in [-0.1, -0.05) is 13.8 Å². The Labute approximate surface area is 118 Å². The summed E-state index contributed by atoms with van der Waals surface area (Å²) in [5.41, 5.74) is 14.2. The van der Waals surface area contributed by atoms with Gasteiger partial charge < -0.3 is 16.0 Å². The molecule has 0 bridgehead atoms. The number of fused-ring (bicyclic) bond motifs is 1. The monoisotopic (exact) mass is 275 g/mol. The number of aryl methyl sites for hydroxylation is 2. The molecule has 1 unspecified atom stereocenters. The Morgan fingerprint density at radius 1 is 1.20 bits per heavy atom. The molecule has 0 aromatic carbocycles. The molecule has 6 heteroatoms. The highest BCUT2D eigenvalue weighted by atomic mass is 16.1. The van der Waals surface area contributed by atoms with Crippen LogP contribution in [0.5, 0.6) is 0 Å². The first-order valence-corrected chi connectivity index (χ1v) is 6.66. The third-order valence-corrected chi connectivity index (χ3v) is 3.74. The maximum Gasteiger partial charge on any atom is 0.240 e. The Balaban J connectivity index is 2.89. The minimum atomic E-state index is -0.445. The fraction of sp³-hybridized carbons (Fsp3) is 0.500. The maximum atomic E-state index is 11.8. The molecule has 20 heavy (non-hydrogen) atoms. The van der Waals surface area contributed by atoms with Gasteiger partial charge in [0.1, 0.15) is 23.3 Å². The van der Waals surface area contributed by atoms with E-state index in [1.54, 1.807) is 6.92 Å². The molecule has 0 fully saturated rings. The second-order valence-electron chi connectivity index (χ2n) is 5.53. The third-order valence-electron chi connectivity index (χ3n) is 3.74. The number of aromatic nitrogens is 3. The molecule has 4 N–H and O–H groups in total. The van der Waals surface area contributed by atoms with Gasteiger partial charge in [-0.2, -0.15) is 0 Å². The van der Waals surface area contributed by atoms with E-state index in [0.717, 1.165) is 16.6 Å². The van der Waals surface area contributed by atoms with Gasteiger partial charge in [0.15, 0.2) is 0 Å². The number of carbonyl (C=O) groups is 1. The first kappa shape index (κ1) is 14.3. The Morgan fingerprint density at radius 3 is 2.30 bits per heavy atom. The first-order valence-electron chi connectivity index (χ1n) is 6.66. The average Bonchev–Trinajstić information content (AvgIpc) is 2.53. The number of hydrogen-bond acceptors (Lipinski definition) is 4. The second kappa shape index (κ2) is 4.77. The lowest BCUT2D eigenvalue weighted by atomic mass is 10.0. The number of nitrogen functional groups attached to an aromatic ring is 1. The van der Waals surface area contributed by atoms with Gasteiger partial charge in [-0.05, 0) is 32.3 Å². The Bertz CT molecular complexity index is 687. The van der Waals surface area contributed by atoms with Gasteiger partial charge in [-0.15, -0.1) is 0 Å². The topological polar surface area (TPSA) is 99.8 Å². The maximum absolute atomic E-state index is 11.8. The van der Waals surface area contributed by atoms with Gasteiger partial charge in [-0.3, -0.25) is 4.79 Å². The van der Waals surface area contributed by atoms with Crippen LogP contribution in [0.4, 0.5) is 5.82 Å². The normalized spacial score (nSPS) is 13.1. The molecule has 0 aliphatic rings. The van der Waals surface area contributed by atoms with Gasteiger partial charge in [0.2, 0.25) is 5.91 Å². The summed E-state index contributed by atoms with van der Waals surface area (Å²) in [7, 11) is 0. The number of hydrogen-bond donors (Lipinski definition) is 2. The molecule has 0 saturated carbocycles. The minimum absolute atomic E-state index is 0.0673. The van der Waals surface area contributed by atoms with Crippen LogP contribution < -0.4 is 11.5 Å². The molecule has 108 valence electrons. The highest BCUT2D eigenvalue weighted by Crippen LogP contribution is 2.32. The lowest BCUT2D eigenvalue weighted by molar-refractivity contribution is -0.122. The van der Waals surface area contributed by atoms with E-state index in [1.807, 2.05) is 32.3 Å². The lowest BCUT2D eigenvalue weighted by Crippen LogP contribution is -2.31. The van der Waals surface area contributed by atoms with Crippen molar-refractivity contribution in [2.45, 2.75) is 40.7 Å². The van der Waals surface area contributed by atoms with Crippen LogP contribution >= 0.6 is 0 Å². The number of rotatable bonds is 3. The van der Waals surface area contributed by atoms with Crippen LogP contribution in [0.1, 0.15) is 37.0 Å². The van der Waals surface area contributed by atoms with Crippen LogP contribution in [0.3, 0.4) is 0 Å². The SMILES string of the molecule is Cc1nc(N)c2c(C)c(C)n(C(C(N)=O)C(C)C)c2n1. The number of carbonyl (C=O) groups excluding carboxylic acids is 1. The molecule has 0 aliphatic heterocycles. The van der Waals surface area contributed by atoms with Crippen LogP contribution in [0.2, 0.25) is 0 Å². The molecule has 6 nitrogen and oxygen atoms in total. The summed E-state index contributed by atoms with van der Waals surface area (Å²) in [6.07, 6.45) is 0. The van der Waals surface area contributed by atoms with Crippen molar-refractivity contribution in [2.75, 3.05) is 5.73 Å². The van der Waals surface area contributed by atoms with Crippen molar-refractivity contribution in [1.29, 1.82) is 0 Å². The zero-order valence-electron chi connectivity index (χ0n) is 12.6. The average molecular weight is 275 g/mol. The van der Waals surface area contributed by atoms with Gasteiger partial charge in [0, 0.05) is 5.69 Å². The zero-order valence-corrected chi connectivity index (χ0v) is 12.6. The molecule has 2 rings (SSSR count). The predicted octanol–water partition coefficient (Wildman–Crippen LogP) is 1.62. The largest absolute Gasteiger partial charge is 0.383 e. The second-order valence-corrected chi connectivity index (χ2v) is 5.53. The van der Waals surface area contributed by atoms with Gasteiger partial charge in [0.25, 0.3) is 0 Å². The van der Waals surface area contributed by atoms with E-state index in [1.165, 1.54) is 0 Å². The van der Waals surface area contributed by atoms with Crippen molar-refractivity contribution in [1.82, 2.24) is 14.5 Å². The van der Waals surface area contributed by atoms with Crippen LogP contribution in [-0.2, 0) is 4.79 Å². The molecule has 0 aliphatic carbocycles. The highest BCUT2D eigenvalue weighted by molar-refractivity contribution is 5.92. The molecule has 0 spiro atoms. The van der Waals surface area contributed by atoms with E-state index in [2.05, 4.69) is 9.97 Å². The molecule has 2 heterocycles. The van der Waals surface area contributed by atoms with Crippen molar-refractivity contribution in [2.24, 2.45) is 11.7 Å². The molecule has 0 saturated heterocycles. The summed E-state index contributed by atoms with van der Waals surface area (Å²) in [5.74, 6) is 0.729. The lowest BCUT2D eigenvalue weighted by Gasteiger charge is -2.22. The predicted molar refractivity (Wildman–Crippen MR) is 79.2 cm³/mol. The number of anilines is 1. The summed E-state index contributed by atoms with van der Waals surface area (Å²) in [5, 5.41) is 0.806. The first-order chi connectivity index (χ1) is 9.25. The molecule has 1 atom stereocenters. The standard InChI is InChI=1S/C14H21N5O/c1-6(2)11(13(16)20)19-8(4)7(3)10-12(15)17-9(5)18-14(10)19/h6,11H,1-5H3,(H2,16,20)(H2,15,17,18). The number of primary amides is 1. The smallest absolute Gasteiger partial charge is 0.240 e. The fourth-order valence-electron chi connectivity index (χ4n) is 2.73. The van der Waals surface area contributed by atoms with Gasteiger partial charge in [0.05, 0.1) is 5.39 Å². The van der Waals surface area contributed by atoms with Gasteiger partial charge in [-0.25, -0.2) is 9.97 Å². The van der Waals surface area contributed by atoms with Crippen LogP contribution in [0.15, 0.2) is 0 Å². The van der Waals surface area contributed by atoms with Crippen LogP contribution in [0.25, 0.3) is 11.0 Å². The molecule has 2 aromatic rings. The number of nitrogens with two attached hydrogens (primary N) is 2. The molecule has 1 amide bonds. The Morgan fingerprint density at radius 2 is 1.80 bits per heavy atom. The summed E-state index contributed by atoms with van der Waals surface area (Å²) in [6.45, 7) is 9.62. The number of nitrogens with zero attached hydrogens (tertiary/aromatic N) is 3. The van der Waals surface area contributed by atoms with Crippen molar-refractivity contribution in [3.63, 3.8) is 0 Å². The third kappa shape index (κ3) is 2.01. The summed E-state index contributed by atoms with van der Waals surface area (Å²) in [6, 6.07) is -0.445. The van der Waals surface area contributed by atoms with E-state index in [0.29, 0.717) is 17.3 Å².